The van der Waals surface area contributed by atoms with Crippen molar-refractivity contribution in [1.29, 1.82) is 0 Å². The molecule has 0 N–H and O–H groups in total. The van der Waals surface area contributed by atoms with Crippen molar-refractivity contribution in [3.8, 4) is 84.0 Å². The first-order chi connectivity index (χ1) is 67.1. The summed E-state index contributed by atoms with van der Waals surface area (Å²) in [5.74, 6) is 1.70. The van der Waals surface area contributed by atoms with E-state index in [2.05, 4.69) is 134 Å². The summed E-state index contributed by atoms with van der Waals surface area (Å²) in [6.07, 6.45) is 21.0. The summed E-state index contributed by atoms with van der Waals surface area (Å²) in [4.78, 5) is 5.59. The molecule has 0 aliphatic carbocycles. The number of allylic oxidation sites excluding steroid dienone is 6. The van der Waals surface area contributed by atoms with Gasteiger partial charge in [0, 0.05) is 70.8 Å². The number of fused-ring (bicyclic) bond motifs is 6. The fraction of sp³-hybridized carbons (Fsp3) is 0.176. The molecule has 25 nitrogen and oxygen atoms in total. The third kappa shape index (κ3) is 23.9. The second-order valence-corrected chi connectivity index (χ2v) is 40.9. The van der Waals surface area contributed by atoms with Gasteiger partial charge in [0.1, 0.15) is 6.08 Å². The van der Waals surface area contributed by atoms with Crippen molar-refractivity contribution in [2.75, 3.05) is 46.0 Å². The van der Waals surface area contributed by atoms with E-state index in [4.69, 9.17) is 31.7 Å². The molecular weight excluding hydrogens is 1970 g/mol. The lowest BCUT2D eigenvalue weighted by Gasteiger charge is -2.23. The van der Waals surface area contributed by atoms with E-state index in [9.17, 15) is 47.3 Å². The Hall–Kier alpha value is -13.6. The number of unbranched alkanes of at least 4 members (excludes halogenated alkanes) is 3. The molecule has 19 rings (SSSR count). The van der Waals surface area contributed by atoms with Crippen LogP contribution in [-0.2, 0) is 63.1 Å². The number of anilines is 3. The highest BCUT2D eigenvalue weighted by Crippen LogP contribution is 2.47. The molecule has 3 aromatic heterocycles. The van der Waals surface area contributed by atoms with E-state index in [-0.39, 0.29) is 36.4 Å². The molecule has 4 aliphatic rings. The van der Waals surface area contributed by atoms with Gasteiger partial charge in [-0.25, -0.2) is 30.3 Å². The molecule has 31 heteroatoms. The summed E-state index contributed by atoms with van der Waals surface area (Å²) in [6.45, 7) is 10.4. The van der Waals surface area contributed by atoms with E-state index >= 15 is 0 Å². The van der Waals surface area contributed by atoms with Gasteiger partial charge in [-0.05, 0) is 202 Å². The number of rotatable bonds is 31. The van der Waals surface area contributed by atoms with Crippen LogP contribution < -0.4 is 42.6 Å². The largest absolute Gasteiger partial charge is 0.748 e. The van der Waals surface area contributed by atoms with E-state index in [1.807, 2.05) is 207 Å². The minimum absolute atomic E-state index is 0.123. The average Bonchev–Trinajstić information content (AvgIpc) is 1.69. The first-order valence-corrected chi connectivity index (χ1v) is 53.3. The molecule has 4 aliphatic heterocycles. The molecular formula is C108H97Br2N7O18S4. The SMILES string of the molecule is CCC(/C=C1\Oc2ccc(-c3ccccc3)cc2N1CS(=O)(=O)ON1C=CC=CC1)=C\c1oc2ccc(-c3ccccc3)cc2[n+]1CS(=O)(=O)[O-].CCCCC[n+]1c(C=C(C=C2Oc3ccc(-c4ccc(Br)cc4)cc3N2CCCCS(=O)(=O)[O-])CC)oc2ccc(-c3ccc(Br)cc3)cc21.CCN1C(=Cc2oc3ccc(-c4ccccc4)cc3[n+]2CS(=O)(=O)[O-])Oc2ccc(-c3ccccc3)cc21. The van der Waals surface area contributed by atoms with Gasteiger partial charge in [0.05, 0.1) is 45.9 Å². The molecule has 0 spiro atoms. The molecule has 0 saturated carbocycles. The van der Waals surface area contributed by atoms with Gasteiger partial charge >= 0.3 is 27.8 Å². The molecule has 0 atom stereocenters. The van der Waals surface area contributed by atoms with Crippen molar-refractivity contribution in [2.45, 2.75) is 90.9 Å². The summed E-state index contributed by atoms with van der Waals surface area (Å²) in [6, 6.07) is 90.4. The molecule has 12 aromatic carbocycles. The minimum Gasteiger partial charge on any atom is -0.748 e. The highest BCUT2D eigenvalue weighted by Gasteiger charge is 2.36. The Morgan fingerprint density at radius 3 is 1.19 bits per heavy atom. The van der Waals surface area contributed by atoms with Gasteiger partial charge in [0.2, 0.25) is 46.2 Å². The van der Waals surface area contributed by atoms with Gasteiger partial charge in [0.15, 0.2) is 49.9 Å². The van der Waals surface area contributed by atoms with Crippen LogP contribution in [0, 0.1) is 0 Å². The van der Waals surface area contributed by atoms with E-state index in [1.165, 1.54) is 25.3 Å². The number of hydrogen-bond acceptors (Lipinski definition) is 22. The smallest absolute Gasteiger partial charge is 0.380 e. The average molecular weight is 2070 g/mol. The third-order valence-corrected chi connectivity index (χ3v) is 27.6. The van der Waals surface area contributed by atoms with Crippen molar-refractivity contribution >= 4 is 141 Å². The van der Waals surface area contributed by atoms with Crippen LogP contribution in [0.25, 0.3) is 118 Å². The van der Waals surface area contributed by atoms with Crippen molar-refractivity contribution in [3.05, 3.63) is 371 Å². The molecule has 7 heterocycles. The Morgan fingerprint density at radius 1 is 0.396 bits per heavy atom. The first-order valence-electron chi connectivity index (χ1n) is 45.4. The standard InChI is InChI=1S/C40H40Br2N2O5S.C38H33N3O8S2.C30H24N2O5S/c1-3-5-6-21-43-35-26-31(29-9-15-33(41)16-10-29)13-19-37(35)48-39(43)24-28(4-2)25-40-44(22-7-8-23-50(45,46)47)36-27-32(14-20-38(36)49-40)30-11-17-34(42)18-12-30;1-2-28(22-37-40(26-50(42,43)44)33-24-31(16-18-35(33)47-37)29-12-6-3-7-13-29)23-38-41(27-51(45,46)49-39-20-10-5-11-21-39)34-25-32(17-19-36(34)48-38)30-14-8-4-9-15-30;1-2-31-25-17-23(21-9-5-3-6-10-21)13-15-27(25)36-29(31)19-30-32(20-38(33,34)35)26-18-24(14-16-28(26)37-30)22-11-7-4-8-12-22/h9-20,24-27H,3-8,21-23H2,1-2H3;3-20,22-25H,2,21,26-27H2,1H3;3-19H,2,20H2,1H3. The van der Waals surface area contributed by atoms with Gasteiger partial charge in [-0.1, -0.05) is 253 Å². The number of halogens is 2. The first kappa shape index (κ1) is 97.1. The quantitative estimate of drug-likeness (QED) is 0.0221. The van der Waals surface area contributed by atoms with Crippen LogP contribution in [-0.4, -0.2) is 83.7 Å². The van der Waals surface area contributed by atoms with Crippen LogP contribution in [0.4, 0.5) is 17.1 Å². The fourth-order valence-electron chi connectivity index (χ4n) is 16.8. The van der Waals surface area contributed by atoms with Crippen LogP contribution in [0.15, 0.2) is 367 Å². The van der Waals surface area contributed by atoms with Crippen LogP contribution >= 0.6 is 31.9 Å². The Morgan fingerprint density at radius 2 is 0.777 bits per heavy atom. The van der Waals surface area contributed by atoms with E-state index in [0.717, 1.165) is 148 Å². The number of hydrogen-bond donors (Lipinski definition) is 0. The maximum atomic E-state index is 13.5. The fourth-order valence-corrected chi connectivity index (χ4v) is 20.1. The number of ether oxygens (including phenoxy) is 3. The van der Waals surface area contributed by atoms with Gasteiger partial charge in [-0.2, -0.15) is 13.0 Å². The van der Waals surface area contributed by atoms with Crippen LogP contribution in [0.2, 0.25) is 0 Å². The van der Waals surface area contributed by atoms with Crippen LogP contribution in [0.3, 0.4) is 0 Å². The highest BCUT2D eigenvalue weighted by atomic mass is 79.9. The van der Waals surface area contributed by atoms with Crippen LogP contribution in [0.1, 0.15) is 90.3 Å². The van der Waals surface area contributed by atoms with Crippen molar-refractivity contribution in [2.24, 2.45) is 0 Å². The summed E-state index contributed by atoms with van der Waals surface area (Å²) >= 11 is 7.06. The highest BCUT2D eigenvalue weighted by molar-refractivity contribution is 9.10. The lowest BCUT2D eigenvalue weighted by Crippen LogP contribution is -2.39. The Kier molecular flexibility index (Phi) is 29.9. The number of hydroxylamine groups is 2. The molecule has 0 amide bonds. The number of oxazole rings is 3. The monoisotopic (exact) mass is 2070 g/mol. The number of aromatic nitrogens is 3. The molecule has 0 fully saturated rings. The number of nitrogens with zero attached hydrogens (tertiary/aromatic N) is 7. The number of aryl methyl sites for hydroxylation is 1. The predicted octanol–water partition coefficient (Wildman–Crippen LogP) is 23.1. The zero-order valence-corrected chi connectivity index (χ0v) is 82.7. The minimum atomic E-state index is -4.73. The van der Waals surface area contributed by atoms with E-state index in [0.29, 0.717) is 82.7 Å². The second-order valence-electron chi connectivity index (χ2n) is 33.3. The second kappa shape index (κ2) is 42.8. The molecule has 710 valence electrons. The molecule has 15 aromatic rings. The summed E-state index contributed by atoms with van der Waals surface area (Å²) in [5.41, 5.74) is 19.5. The zero-order valence-electron chi connectivity index (χ0n) is 76.2. The van der Waals surface area contributed by atoms with E-state index in [1.54, 1.807) is 60.7 Å². The Balaban J connectivity index is 0.000000146. The molecule has 0 saturated heterocycles. The van der Waals surface area contributed by atoms with Gasteiger partial charge in [-0.3, -0.25) is 4.90 Å². The lowest BCUT2D eigenvalue weighted by molar-refractivity contribution is -0.678. The summed E-state index contributed by atoms with van der Waals surface area (Å²) in [5, 5.41) is 1.22. The lowest BCUT2D eigenvalue weighted by atomic mass is 10.0. The number of benzene rings is 12. The maximum absolute atomic E-state index is 13.5. The van der Waals surface area contributed by atoms with Crippen molar-refractivity contribution < 1.29 is 92.8 Å². The topological polar surface area (TPSA) is 307 Å². The van der Waals surface area contributed by atoms with Crippen LogP contribution in [0.5, 0.6) is 17.2 Å². The zero-order chi connectivity index (χ0) is 97.1. The van der Waals surface area contributed by atoms with Gasteiger partial charge < -0.3 is 50.9 Å². The van der Waals surface area contributed by atoms with Gasteiger partial charge in [0.25, 0.3) is 16.6 Å². The van der Waals surface area contributed by atoms with Crippen molar-refractivity contribution in [3.63, 3.8) is 0 Å². The maximum Gasteiger partial charge on any atom is 0.380 e. The molecule has 0 unspecified atom stereocenters. The summed E-state index contributed by atoms with van der Waals surface area (Å²) < 4.78 is 183. The third-order valence-electron chi connectivity index (χ3n) is 23.6. The molecule has 0 bridgehead atoms. The predicted molar refractivity (Wildman–Crippen MR) is 545 cm³/mol. The summed E-state index contributed by atoms with van der Waals surface area (Å²) in [7, 11) is -17.8. The van der Waals surface area contributed by atoms with E-state index < -0.39 is 58.1 Å². The Labute approximate surface area is 824 Å². The normalized spacial score (nSPS) is 14.6. The molecule has 139 heavy (non-hydrogen) atoms. The van der Waals surface area contributed by atoms with Gasteiger partial charge in [-0.15, -0.1) is 13.4 Å². The molecule has 0 radical (unpaired) electrons. The van der Waals surface area contributed by atoms with Crippen molar-refractivity contribution in [1.82, 2.24) is 5.06 Å². The Bertz CT molecular complexity index is 7810.